The van der Waals surface area contributed by atoms with Crippen LogP contribution in [0.3, 0.4) is 0 Å². The maximum absolute atomic E-state index is 12.1. The number of rotatable bonds is 2. The molecule has 1 aromatic rings. The highest BCUT2D eigenvalue weighted by molar-refractivity contribution is 6.42. The molecular weight excluding hydrogens is 289 g/mol. The zero-order chi connectivity index (χ0) is 14.0. The SMILES string of the molecule is C[C@@H]1OCCC[C@@H]1C(=O)Nc1cc(Cl)c(Cl)cc1O. The molecule has 0 bridgehead atoms. The lowest BCUT2D eigenvalue weighted by Gasteiger charge is -2.28. The molecule has 0 aliphatic carbocycles. The summed E-state index contributed by atoms with van der Waals surface area (Å²) in [5, 5.41) is 12.9. The summed E-state index contributed by atoms with van der Waals surface area (Å²) in [4.78, 5) is 12.1. The number of hydrogen-bond acceptors (Lipinski definition) is 3. The molecule has 0 saturated carbocycles. The minimum absolute atomic E-state index is 0.105. The lowest BCUT2D eigenvalue weighted by molar-refractivity contribution is -0.127. The predicted octanol–water partition coefficient (Wildman–Crippen LogP) is 3.45. The number of benzene rings is 1. The van der Waals surface area contributed by atoms with Crippen LogP contribution in [0.4, 0.5) is 5.69 Å². The standard InChI is InChI=1S/C13H15Cl2NO3/c1-7-8(3-2-4-19-7)13(18)16-11-5-9(14)10(15)6-12(11)17/h5-8,17H,2-4H2,1H3,(H,16,18)/t7-,8-/m0/s1. The second kappa shape index (κ2) is 5.99. The van der Waals surface area contributed by atoms with Crippen molar-refractivity contribution in [3.05, 3.63) is 22.2 Å². The summed E-state index contributed by atoms with van der Waals surface area (Å²) in [6.07, 6.45) is 1.50. The van der Waals surface area contributed by atoms with Gasteiger partial charge >= 0.3 is 0 Å². The third-order valence-corrected chi connectivity index (χ3v) is 3.96. The fraction of sp³-hybridized carbons (Fsp3) is 0.462. The molecule has 6 heteroatoms. The number of phenols is 1. The maximum atomic E-state index is 12.1. The minimum atomic E-state index is -0.220. The number of nitrogens with one attached hydrogen (secondary N) is 1. The lowest BCUT2D eigenvalue weighted by Crippen LogP contribution is -2.36. The van der Waals surface area contributed by atoms with E-state index in [2.05, 4.69) is 5.32 Å². The van der Waals surface area contributed by atoms with E-state index in [9.17, 15) is 9.90 Å². The summed E-state index contributed by atoms with van der Waals surface area (Å²) in [5.74, 6) is -0.504. The van der Waals surface area contributed by atoms with Gasteiger partial charge in [-0.1, -0.05) is 23.2 Å². The summed E-state index contributed by atoms with van der Waals surface area (Å²) in [6.45, 7) is 2.56. The van der Waals surface area contributed by atoms with Crippen molar-refractivity contribution >= 4 is 34.8 Å². The van der Waals surface area contributed by atoms with Crippen LogP contribution in [0, 0.1) is 5.92 Å². The monoisotopic (exact) mass is 303 g/mol. The molecule has 2 atom stereocenters. The Kier molecular flexibility index (Phi) is 4.55. The Balaban J connectivity index is 2.12. The molecule has 1 aliphatic rings. The molecule has 104 valence electrons. The van der Waals surface area contributed by atoms with Crippen LogP contribution in [-0.4, -0.2) is 23.7 Å². The molecule has 1 aromatic carbocycles. The van der Waals surface area contributed by atoms with E-state index in [1.807, 2.05) is 6.92 Å². The molecule has 0 radical (unpaired) electrons. The van der Waals surface area contributed by atoms with Crippen molar-refractivity contribution < 1.29 is 14.6 Å². The Morgan fingerprint density at radius 3 is 2.79 bits per heavy atom. The van der Waals surface area contributed by atoms with E-state index in [4.69, 9.17) is 27.9 Å². The molecule has 1 amide bonds. The van der Waals surface area contributed by atoms with Gasteiger partial charge < -0.3 is 15.2 Å². The zero-order valence-corrected chi connectivity index (χ0v) is 12.0. The van der Waals surface area contributed by atoms with Crippen LogP contribution in [0.2, 0.25) is 10.0 Å². The molecule has 19 heavy (non-hydrogen) atoms. The number of aromatic hydroxyl groups is 1. The van der Waals surface area contributed by atoms with Crippen LogP contribution in [0.1, 0.15) is 19.8 Å². The van der Waals surface area contributed by atoms with Crippen LogP contribution >= 0.6 is 23.2 Å². The van der Waals surface area contributed by atoms with E-state index in [1.165, 1.54) is 12.1 Å². The summed E-state index contributed by atoms with van der Waals surface area (Å²) in [6, 6.07) is 2.74. The van der Waals surface area contributed by atoms with Gasteiger partial charge in [-0.25, -0.2) is 0 Å². The van der Waals surface area contributed by atoms with Gasteiger partial charge in [-0.3, -0.25) is 4.79 Å². The third-order valence-electron chi connectivity index (χ3n) is 3.24. The van der Waals surface area contributed by atoms with Gasteiger partial charge in [-0.05, 0) is 25.8 Å². The van der Waals surface area contributed by atoms with Crippen LogP contribution in [0.15, 0.2) is 12.1 Å². The van der Waals surface area contributed by atoms with Crippen molar-refractivity contribution in [1.82, 2.24) is 0 Å². The molecule has 1 fully saturated rings. The van der Waals surface area contributed by atoms with Crippen LogP contribution in [0.25, 0.3) is 0 Å². The van der Waals surface area contributed by atoms with Crippen LogP contribution < -0.4 is 5.32 Å². The van der Waals surface area contributed by atoms with Gasteiger partial charge in [0, 0.05) is 12.7 Å². The Morgan fingerprint density at radius 1 is 1.42 bits per heavy atom. The summed E-state index contributed by atoms with van der Waals surface area (Å²) < 4.78 is 5.45. The summed E-state index contributed by atoms with van der Waals surface area (Å²) in [7, 11) is 0. The second-order valence-electron chi connectivity index (χ2n) is 4.60. The van der Waals surface area contributed by atoms with Gasteiger partial charge in [-0.15, -0.1) is 0 Å². The lowest BCUT2D eigenvalue weighted by atomic mass is 9.94. The number of anilines is 1. The van der Waals surface area contributed by atoms with E-state index >= 15 is 0 Å². The van der Waals surface area contributed by atoms with Crippen LogP contribution in [-0.2, 0) is 9.53 Å². The Hall–Kier alpha value is -0.970. The number of carbonyl (C=O) groups excluding carboxylic acids is 1. The minimum Gasteiger partial charge on any atom is -0.506 e. The van der Waals surface area contributed by atoms with Gasteiger partial charge in [0.1, 0.15) is 5.75 Å². The number of hydrogen-bond donors (Lipinski definition) is 2. The van der Waals surface area contributed by atoms with Gasteiger partial charge in [0.25, 0.3) is 0 Å². The van der Waals surface area contributed by atoms with Gasteiger partial charge in [0.2, 0.25) is 5.91 Å². The predicted molar refractivity (Wildman–Crippen MR) is 74.9 cm³/mol. The Labute approximate surface area is 121 Å². The summed E-state index contributed by atoms with van der Waals surface area (Å²) in [5.41, 5.74) is 0.261. The summed E-state index contributed by atoms with van der Waals surface area (Å²) >= 11 is 11.6. The van der Waals surface area contributed by atoms with Crippen molar-refractivity contribution in [3.8, 4) is 5.75 Å². The first-order chi connectivity index (χ1) is 8.99. The molecule has 1 heterocycles. The molecule has 1 aliphatic heterocycles. The highest BCUT2D eigenvalue weighted by Gasteiger charge is 2.29. The second-order valence-corrected chi connectivity index (χ2v) is 5.41. The van der Waals surface area contributed by atoms with E-state index < -0.39 is 0 Å². The van der Waals surface area contributed by atoms with Gasteiger partial charge in [0.05, 0.1) is 27.8 Å². The smallest absolute Gasteiger partial charge is 0.230 e. The van der Waals surface area contributed by atoms with E-state index in [0.717, 1.165) is 12.8 Å². The average molecular weight is 304 g/mol. The van der Waals surface area contributed by atoms with Crippen molar-refractivity contribution in [2.75, 3.05) is 11.9 Å². The number of carbonyl (C=O) groups is 1. The van der Waals surface area contributed by atoms with E-state index in [-0.39, 0.29) is 39.4 Å². The molecule has 0 aromatic heterocycles. The van der Waals surface area contributed by atoms with E-state index in [1.54, 1.807) is 0 Å². The van der Waals surface area contributed by atoms with Crippen molar-refractivity contribution in [2.45, 2.75) is 25.9 Å². The maximum Gasteiger partial charge on any atom is 0.230 e. The van der Waals surface area contributed by atoms with Crippen molar-refractivity contribution in [1.29, 1.82) is 0 Å². The highest BCUT2D eigenvalue weighted by Crippen LogP contribution is 2.34. The fourth-order valence-electron chi connectivity index (χ4n) is 2.13. The molecule has 2 N–H and O–H groups in total. The molecule has 0 unspecified atom stereocenters. The zero-order valence-electron chi connectivity index (χ0n) is 10.5. The molecular formula is C13H15Cl2NO3. The normalized spacial score (nSPS) is 23.1. The molecule has 4 nitrogen and oxygen atoms in total. The Morgan fingerprint density at radius 2 is 2.11 bits per heavy atom. The van der Waals surface area contributed by atoms with Crippen molar-refractivity contribution in [3.63, 3.8) is 0 Å². The van der Waals surface area contributed by atoms with E-state index in [0.29, 0.717) is 6.61 Å². The first-order valence-corrected chi connectivity index (χ1v) is 6.85. The van der Waals surface area contributed by atoms with Crippen molar-refractivity contribution in [2.24, 2.45) is 5.92 Å². The first kappa shape index (κ1) is 14.4. The molecule has 0 spiro atoms. The third kappa shape index (κ3) is 3.32. The molecule has 1 saturated heterocycles. The first-order valence-electron chi connectivity index (χ1n) is 6.09. The molecule has 2 rings (SSSR count). The highest BCUT2D eigenvalue weighted by atomic mass is 35.5. The van der Waals surface area contributed by atoms with Crippen LogP contribution in [0.5, 0.6) is 5.75 Å². The number of halogens is 2. The number of phenolic OH excluding ortho intramolecular Hbond substituents is 1. The average Bonchev–Trinajstić information content (AvgIpc) is 2.36. The quantitative estimate of drug-likeness (QED) is 0.823. The number of ether oxygens (including phenoxy) is 1. The largest absolute Gasteiger partial charge is 0.506 e. The topological polar surface area (TPSA) is 58.6 Å². The fourth-order valence-corrected chi connectivity index (χ4v) is 2.45. The Bertz CT molecular complexity index is 493. The van der Waals surface area contributed by atoms with Gasteiger partial charge in [-0.2, -0.15) is 0 Å². The van der Waals surface area contributed by atoms with Gasteiger partial charge in [0.15, 0.2) is 0 Å². The number of amides is 1.